The Kier molecular flexibility index (Phi) is 2.81. The van der Waals surface area contributed by atoms with Crippen molar-refractivity contribution in [3.8, 4) is 17.2 Å². The molecule has 0 spiro atoms. The van der Waals surface area contributed by atoms with Gasteiger partial charge in [-0.05, 0) is 22.6 Å². The Balaban J connectivity index is 2.31. The molecule has 0 aromatic heterocycles. The van der Waals surface area contributed by atoms with E-state index < -0.39 is 0 Å². The van der Waals surface area contributed by atoms with Crippen molar-refractivity contribution in [3.63, 3.8) is 0 Å². The highest BCUT2D eigenvalue weighted by Gasteiger charge is 2.06. The lowest BCUT2D eigenvalue weighted by atomic mass is 9.91. The van der Waals surface area contributed by atoms with Gasteiger partial charge in [-0.2, -0.15) is 5.26 Å². The summed E-state index contributed by atoms with van der Waals surface area (Å²) in [6.45, 7) is 0. The first-order chi connectivity index (χ1) is 9.29. The smallest absolute Gasteiger partial charge is 0.113 e. The van der Waals surface area contributed by atoms with Crippen LogP contribution in [-0.4, -0.2) is 7.85 Å². The van der Waals surface area contributed by atoms with Gasteiger partial charge in [0.15, 0.2) is 0 Å². The molecule has 0 bridgehead atoms. The molecule has 0 saturated heterocycles. The minimum Gasteiger partial charge on any atom is -0.192 e. The number of hydrogen-bond donors (Lipinski definition) is 0. The number of nitriles is 1. The Morgan fingerprint density at radius 3 is 2.16 bits per heavy atom. The molecule has 0 unspecified atom stereocenters. The third kappa shape index (κ3) is 2.00. The highest BCUT2D eigenvalue weighted by atomic mass is 14.2. The molecular formula is C17H10BN. The Morgan fingerprint density at radius 2 is 1.47 bits per heavy atom. The molecule has 0 atom stereocenters. The zero-order chi connectivity index (χ0) is 13.2. The van der Waals surface area contributed by atoms with Crippen LogP contribution < -0.4 is 5.46 Å². The fourth-order valence-electron chi connectivity index (χ4n) is 2.31. The van der Waals surface area contributed by atoms with Gasteiger partial charge in [0, 0.05) is 5.39 Å². The summed E-state index contributed by atoms with van der Waals surface area (Å²) in [4.78, 5) is 0. The molecule has 3 aromatic carbocycles. The van der Waals surface area contributed by atoms with Crippen LogP contribution in [0.15, 0.2) is 60.7 Å². The van der Waals surface area contributed by atoms with Gasteiger partial charge in [-0.15, -0.1) is 0 Å². The summed E-state index contributed by atoms with van der Waals surface area (Å²) in [5.74, 6) is 0. The first-order valence-corrected chi connectivity index (χ1v) is 6.07. The van der Waals surface area contributed by atoms with E-state index in [1.807, 2.05) is 60.7 Å². The van der Waals surface area contributed by atoms with Crippen LogP contribution in [0.25, 0.3) is 21.9 Å². The second-order valence-electron chi connectivity index (χ2n) is 4.44. The van der Waals surface area contributed by atoms with E-state index >= 15 is 0 Å². The summed E-state index contributed by atoms with van der Waals surface area (Å²) in [6.07, 6.45) is 0. The third-order valence-corrected chi connectivity index (χ3v) is 3.27. The van der Waals surface area contributed by atoms with E-state index in [0.717, 1.165) is 27.4 Å². The van der Waals surface area contributed by atoms with Crippen molar-refractivity contribution in [1.82, 2.24) is 0 Å². The largest absolute Gasteiger partial charge is 0.192 e. The van der Waals surface area contributed by atoms with E-state index in [1.54, 1.807) is 0 Å². The number of rotatable bonds is 1. The van der Waals surface area contributed by atoms with Crippen LogP contribution in [-0.2, 0) is 0 Å². The van der Waals surface area contributed by atoms with Crippen LogP contribution in [0.5, 0.6) is 0 Å². The van der Waals surface area contributed by atoms with Crippen molar-refractivity contribution >= 4 is 24.1 Å². The summed E-state index contributed by atoms with van der Waals surface area (Å²) >= 11 is 0. The highest BCUT2D eigenvalue weighted by Crippen LogP contribution is 2.30. The average Bonchev–Trinajstić information content (AvgIpc) is 2.47. The predicted molar refractivity (Wildman–Crippen MR) is 79.5 cm³/mol. The standard InChI is InChI=1S/C17H10BN/c18-14-8-5-12(6-9-14)16-10-7-13(11-19)15-3-1-2-4-17(15)16/h1-10H. The molecular weight excluding hydrogens is 229 g/mol. The minimum atomic E-state index is 0.704. The zero-order valence-corrected chi connectivity index (χ0v) is 10.3. The minimum absolute atomic E-state index is 0.704. The van der Waals surface area contributed by atoms with Gasteiger partial charge in [-0.3, -0.25) is 0 Å². The van der Waals surface area contributed by atoms with E-state index in [4.69, 9.17) is 13.1 Å². The molecule has 86 valence electrons. The molecule has 19 heavy (non-hydrogen) atoms. The van der Waals surface area contributed by atoms with E-state index in [2.05, 4.69) is 6.07 Å². The summed E-state index contributed by atoms with van der Waals surface area (Å²) in [6, 6.07) is 21.9. The van der Waals surface area contributed by atoms with Gasteiger partial charge in [-0.25, -0.2) is 0 Å². The number of hydrogen-bond acceptors (Lipinski definition) is 1. The van der Waals surface area contributed by atoms with Crippen LogP contribution >= 0.6 is 0 Å². The topological polar surface area (TPSA) is 23.8 Å². The summed E-state index contributed by atoms with van der Waals surface area (Å²) in [5.41, 5.74) is 3.68. The Hall–Kier alpha value is -2.53. The van der Waals surface area contributed by atoms with Crippen molar-refractivity contribution in [2.24, 2.45) is 0 Å². The molecule has 1 nitrogen and oxygen atoms in total. The molecule has 3 rings (SSSR count). The SMILES string of the molecule is [B]c1ccc(-c2ccc(C#N)c3ccccc23)cc1. The van der Waals surface area contributed by atoms with E-state index in [9.17, 15) is 0 Å². The molecule has 0 aliphatic rings. The van der Waals surface area contributed by atoms with Crippen molar-refractivity contribution in [2.45, 2.75) is 0 Å². The molecule has 0 aliphatic carbocycles. The molecule has 0 heterocycles. The Bertz CT molecular complexity index is 782. The van der Waals surface area contributed by atoms with Crippen molar-refractivity contribution < 1.29 is 0 Å². The molecule has 3 aromatic rings. The number of nitrogens with zero attached hydrogens (tertiary/aromatic N) is 1. The Morgan fingerprint density at radius 1 is 0.789 bits per heavy atom. The zero-order valence-electron chi connectivity index (χ0n) is 10.3. The quantitative estimate of drug-likeness (QED) is 0.598. The maximum Gasteiger partial charge on any atom is 0.113 e. The number of benzene rings is 3. The number of fused-ring (bicyclic) bond motifs is 1. The lowest BCUT2D eigenvalue weighted by Crippen LogP contribution is -1.99. The highest BCUT2D eigenvalue weighted by molar-refractivity contribution is 6.32. The van der Waals surface area contributed by atoms with Gasteiger partial charge in [0.05, 0.1) is 11.6 Å². The normalized spacial score (nSPS) is 10.3. The maximum atomic E-state index is 9.17. The van der Waals surface area contributed by atoms with Gasteiger partial charge >= 0.3 is 0 Å². The molecule has 0 aliphatic heterocycles. The maximum absolute atomic E-state index is 9.17. The van der Waals surface area contributed by atoms with Crippen LogP contribution in [0.4, 0.5) is 0 Å². The first kappa shape index (κ1) is 11.6. The van der Waals surface area contributed by atoms with Crippen molar-refractivity contribution in [3.05, 3.63) is 66.2 Å². The summed E-state index contributed by atoms with van der Waals surface area (Å²) < 4.78 is 0. The lowest BCUT2D eigenvalue weighted by Gasteiger charge is -2.08. The second-order valence-corrected chi connectivity index (χ2v) is 4.44. The van der Waals surface area contributed by atoms with Crippen LogP contribution in [0.1, 0.15) is 5.56 Å². The van der Waals surface area contributed by atoms with Crippen LogP contribution in [0.2, 0.25) is 0 Å². The third-order valence-electron chi connectivity index (χ3n) is 3.27. The summed E-state index contributed by atoms with van der Waals surface area (Å²) in [7, 11) is 5.72. The van der Waals surface area contributed by atoms with E-state index in [-0.39, 0.29) is 0 Å². The van der Waals surface area contributed by atoms with E-state index in [0.29, 0.717) is 5.56 Å². The molecule has 0 fully saturated rings. The summed E-state index contributed by atoms with van der Waals surface area (Å²) in [5, 5.41) is 11.2. The Labute approximate surface area is 113 Å². The van der Waals surface area contributed by atoms with Crippen molar-refractivity contribution in [1.29, 1.82) is 5.26 Å². The van der Waals surface area contributed by atoms with Gasteiger partial charge in [0.1, 0.15) is 7.85 Å². The van der Waals surface area contributed by atoms with Gasteiger partial charge in [0.25, 0.3) is 0 Å². The lowest BCUT2D eigenvalue weighted by molar-refractivity contribution is 1.50. The fourth-order valence-corrected chi connectivity index (χ4v) is 2.31. The van der Waals surface area contributed by atoms with Gasteiger partial charge in [-0.1, -0.05) is 60.1 Å². The first-order valence-electron chi connectivity index (χ1n) is 6.07. The van der Waals surface area contributed by atoms with Gasteiger partial charge < -0.3 is 0 Å². The molecule has 0 N–H and O–H groups in total. The molecule has 2 radical (unpaired) electrons. The molecule has 0 amide bonds. The molecule has 2 heteroatoms. The van der Waals surface area contributed by atoms with Crippen LogP contribution in [0.3, 0.4) is 0 Å². The van der Waals surface area contributed by atoms with E-state index in [1.165, 1.54) is 0 Å². The van der Waals surface area contributed by atoms with Crippen LogP contribution in [0, 0.1) is 11.3 Å². The monoisotopic (exact) mass is 239 g/mol. The fraction of sp³-hybridized carbons (Fsp3) is 0. The second kappa shape index (κ2) is 4.63. The van der Waals surface area contributed by atoms with Crippen molar-refractivity contribution in [2.75, 3.05) is 0 Å². The molecule has 0 saturated carbocycles. The van der Waals surface area contributed by atoms with Gasteiger partial charge in [0.2, 0.25) is 0 Å². The predicted octanol–water partition coefficient (Wildman–Crippen LogP) is 3.17. The average molecular weight is 239 g/mol.